The third-order valence-corrected chi connectivity index (χ3v) is 4.97. The number of nitro benzene ring substituents is 1. The zero-order valence-corrected chi connectivity index (χ0v) is 17.6. The standard InChI is InChI=1S/C21H22ClN3O6/c1-30-18-4-2-3-5-19(18)31-13-21(27)24(15-7-8-15)11-10-20(26)23-16-9-6-14(22)12-17(16)25(28)29/h2-6,9,12,15H,7-8,10-11,13H2,1H3,(H,23,26). The Hall–Kier alpha value is -3.33. The van der Waals surface area contributed by atoms with Crippen molar-refractivity contribution in [2.24, 2.45) is 0 Å². The highest BCUT2D eigenvalue weighted by molar-refractivity contribution is 6.31. The Labute approximate surface area is 184 Å². The second kappa shape index (κ2) is 10.1. The molecule has 10 heteroatoms. The normalized spacial score (nSPS) is 12.7. The SMILES string of the molecule is COc1ccccc1OCC(=O)N(CCC(=O)Nc1ccc(Cl)cc1[N+](=O)[O-])C1CC1. The predicted molar refractivity (Wildman–Crippen MR) is 115 cm³/mol. The summed E-state index contributed by atoms with van der Waals surface area (Å²) in [5.41, 5.74) is -0.232. The number of nitrogens with one attached hydrogen (secondary N) is 1. The van der Waals surface area contributed by atoms with Crippen molar-refractivity contribution in [3.63, 3.8) is 0 Å². The van der Waals surface area contributed by atoms with Gasteiger partial charge < -0.3 is 19.7 Å². The number of carbonyl (C=O) groups excluding carboxylic acids is 2. The second-order valence-electron chi connectivity index (χ2n) is 6.97. The first kappa shape index (κ1) is 22.4. The summed E-state index contributed by atoms with van der Waals surface area (Å²) in [4.78, 5) is 37.2. The summed E-state index contributed by atoms with van der Waals surface area (Å²) >= 11 is 5.79. The van der Waals surface area contributed by atoms with E-state index in [4.69, 9.17) is 21.1 Å². The molecule has 1 fully saturated rings. The lowest BCUT2D eigenvalue weighted by Crippen LogP contribution is -2.38. The van der Waals surface area contributed by atoms with E-state index in [0.717, 1.165) is 12.8 Å². The van der Waals surface area contributed by atoms with E-state index >= 15 is 0 Å². The molecule has 1 aliphatic carbocycles. The molecular weight excluding hydrogens is 426 g/mol. The Morgan fingerprint density at radius 1 is 1.23 bits per heavy atom. The number of methoxy groups -OCH3 is 1. The summed E-state index contributed by atoms with van der Waals surface area (Å²) in [5.74, 6) is 0.312. The second-order valence-corrected chi connectivity index (χ2v) is 7.41. The molecule has 2 aromatic rings. The lowest BCUT2D eigenvalue weighted by atomic mass is 10.2. The van der Waals surface area contributed by atoms with Gasteiger partial charge in [0.25, 0.3) is 11.6 Å². The number of anilines is 1. The molecule has 1 saturated carbocycles. The predicted octanol–water partition coefficient (Wildman–Crippen LogP) is 3.66. The monoisotopic (exact) mass is 447 g/mol. The summed E-state index contributed by atoms with van der Waals surface area (Å²) in [5, 5.41) is 13.9. The van der Waals surface area contributed by atoms with Gasteiger partial charge in [0.1, 0.15) is 5.69 Å². The van der Waals surface area contributed by atoms with Crippen molar-refractivity contribution in [1.82, 2.24) is 4.90 Å². The number of rotatable bonds is 10. The first-order chi connectivity index (χ1) is 14.9. The van der Waals surface area contributed by atoms with E-state index in [9.17, 15) is 19.7 Å². The third kappa shape index (κ3) is 6.08. The van der Waals surface area contributed by atoms with Crippen molar-refractivity contribution in [3.05, 3.63) is 57.6 Å². The van der Waals surface area contributed by atoms with E-state index in [2.05, 4.69) is 5.32 Å². The maximum atomic E-state index is 12.7. The van der Waals surface area contributed by atoms with Crippen LogP contribution in [0.5, 0.6) is 11.5 Å². The molecule has 0 unspecified atom stereocenters. The fourth-order valence-electron chi connectivity index (χ4n) is 3.05. The zero-order chi connectivity index (χ0) is 22.4. The first-order valence-corrected chi connectivity index (χ1v) is 10.1. The van der Waals surface area contributed by atoms with Gasteiger partial charge >= 0.3 is 0 Å². The van der Waals surface area contributed by atoms with E-state index in [1.807, 2.05) is 0 Å². The highest BCUT2D eigenvalue weighted by atomic mass is 35.5. The van der Waals surface area contributed by atoms with E-state index in [1.54, 1.807) is 29.2 Å². The van der Waals surface area contributed by atoms with Gasteiger partial charge in [-0.3, -0.25) is 19.7 Å². The number of nitro groups is 1. The number of para-hydroxylation sites is 2. The molecule has 0 atom stereocenters. The number of benzene rings is 2. The molecule has 164 valence electrons. The highest BCUT2D eigenvalue weighted by Gasteiger charge is 2.33. The Morgan fingerprint density at radius 2 is 1.94 bits per heavy atom. The number of hydrogen-bond acceptors (Lipinski definition) is 6. The molecule has 0 aromatic heterocycles. The van der Waals surface area contributed by atoms with Crippen LogP contribution < -0.4 is 14.8 Å². The van der Waals surface area contributed by atoms with Crippen LogP contribution in [0.2, 0.25) is 5.02 Å². The van der Waals surface area contributed by atoms with Crippen LogP contribution >= 0.6 is 11.6 Å². The van der Waals surface area contributed by atoms with Gasteiger partial charge in [-0.2, -0.15) is 0 Å². The molecule has 1 aliphatic rings. The maximum absolute atomic E-state index is 12.7. The van der Waals surface area contributed by atoms with Crippen LogP contribution in [0.25, 0.3) is 0 Å². The van der Waals surface area contributed by atoms with Crippen LogP contribution in [0.15, 0.2) is 42.5 Å². The molecule has 9 nitrogen and oxygen atoms in total. The summed E-state index contributed by atoms with van der Waals surface area (Å²) in [6.07, 6.45) is 1.73. The molecule has 1 N–H and O–H groups in total. The number of amides is 2. The number of halogens is 1. The zero-order valence-electron chi connectivity index (χ0n) is 16.9. The van der Waals surface area contributed by atoms with Crippen LogP contribution in [0.4, 0.5) is 11.4 Å². The molecule has 3 rings (SSSR count). The van der Waals surface area contributed by atoms with E-state index in [1.165, 1.54) is 25.3 Å². The molecule has 2 aromatic carbocycles. The molecule has 0 spiro atoms. The topological polar surface area (TPSA) is 111 Å². The van der Waals surface area contributed by atoms with Gasteiger partial charge in [0, 0.05) is 30.1 Å². The van der Waals surface area contributed by atoms with Crippen molar-refractivity contribution >= 4 is 34.8 Å². The molecule has 0 heterocycles. The van der Waals surface area contributed by atoms with Crippen LogP contribution in [-0.4, -0.2) is 47.9 Å². The Balaban J connectivity index is 1.56. The number of nitrogens with zero attached hydrogens (tertiary/aromatic N) is 2. The lowest BCUT2D eigenvalue weighted by molar-refractivity contribution is -0.383. The Kier molecular flexibility index (Phi) is 7.30. The largest absolute Gasteiger partial charge is 0.493 e. The van der Waals surface area contributed by atoms with Gasteiger partial charge in [0.15, 0.2) is 18.1 Å². The molecule has 0 radical (unpaired) electrons. The first-order valence-electron chi connectivity index (χ1n) is 9.68. The molecule has 0 saturated heterocycles. The van der Waals surface area contributed by atoms with Gasteiger partial charge in [-0.05, 0) is 37.1 Å². The van der Waals surface area contributed by atoms with Crippen molar-refractivity contribution in [2.45, 2.75) is 25.3 Å². The quantitative estimate of drug-likeness (QED) is 0.439. The van der Waals surface area contributed by atoms with Crippen LogP contribution in [0, 0.1) is 10.1 Å². The van der Waals surface area contributed by atoms with Gasteiger partial charge in [0.2, 0.25) is 5.91 Å². The average Bonchev–Trinajstić information content (AvgIpc) is 3.59. The van der Waals surface area contributed by atoms with Gasteiger partial charge in [-0.25, -0.2) is 0 Å². The fraction of sp³-hybridized carbons (Fsp3) is 0.333. The molecule has 0 aliphatic heterocycles. The van der Waals surface area contributed by atoms with Crippen molar-refractivity contribution in [3.8, 4) is 11.5 Å². The van der Waals surface area contributed by atoms with Crippen molar-refractivity contribution in [1.29, 1.82) is 0 Å². The Bertz CT molecular complexity index is 979. The fourth-order valence-corrected chi connectivity index (χ4v) is 3.22. The van der Waals surface area contributed by atoms with Crippen LogP contribution in [0.1, 0.15) is 19.3 Å². The van der Waals surface area contributed by atoms with Crippen LogP contribution in [0.3, 0.4) is 0 Å². The van der Waals surface area contributed by atoms with Gasteiger partial charge in [-0.15, -0.1) is 0 Å². The lowest BCUT2D eigenvalue weighted by Gasteiger charge is -2.22. The van der Waals surface area contributed by atoms with Crippen LogP contribution in [-0.2, 0) is 9.59 Å². The van der Waals surface area contributed by atoms with Gasteiger partial charge in [-0.1, -0.05) is 23.7 Å². The Morgan fingerprint density at radius 3 is 2.58 bits per heavy atom. The number of carbonyl (C=O) groups is 2. The number of ether oxygens (including phenoxy) is 2. The van der Waals surface area contributed by atoms with E-state index in [-0.39, 0.29) is 47.9 Å². The minimum absolute atomic E-state index is 0.00329. The number of hydrogen-bond donors (Lipinski definition) is 1. The third-order valence-electron chi connectivity index (χ3n) is 4.74. The minimum Gasteiger partial charge on any atom is -0.493 e. The highest BCUT2D eigenvalue weighted by Crippen LogP contribution is 2.30. The summed E-state index contributed by atoms with van der Waals surface area (Å²) in [6.45, 7) is 0.00710. The molecule has 0 bridgehead atoms. The average molecular weight is 448 g/mol. The minimum atomic E-state index is -0.614. The maximum Gasteiger partial charge on any atom is 0.294 e. The summed E-state index contributed by atoms with van der Waals surface area (Å²) < 4.78 is 10.8. The molecule has 31 heavy (non-hydrogen) atoms. The van der Waals surface area contributed by atoms with Crippen molar-refractivity contribution in [2.75, 3.05) is 25.6 Å². The summed E-state index contributed by atoms with van der Waals surface area (Å²) in [6, 6.07) is 11.1. The van der Waals surface area contributed by atoms with E-state index < -0.39 is 10.8 Å². The van der Waals surface area contributed by atoms with E-state index in [0.29, 0.717) is 11.5 Å². The molecule has 2 amide bonds. The molecular formula is C21H22ClN3O6. The smallest absolute Gasteiger partial charge is 0.294 e. The van der Waals surface area contributed by atoms with Gasteiger partial charge in [0.05, 0.1) is 12.0 Å². The van der Waals surface area contributed by atoms with Crippen molar-refractivity contribution < 1.29 is 24.0 Å². The summed E-state index contributed by atoms with van der Waals surface area (Å²) in [7, 11) is 1.52.